The molecule has 2 nitrogen and oxygen atoms in total. The number of halogens is 3. The normalized spacial score (nSPS) is 14.9. The predicted molar refractivity (Wildman–Crippen MR) is 50.1 cm³/mol. The van der Waals surface area contributed by atoms with Crippen molar-refractivity contribution in [3.8, 4) is 0 Å². The summed E-state index contributed by atoms with van der Waals surface area (Å²) >= 11 is 0. The molecule has 0 aromatic heterocycles. The van der Waals surface area contributed by atoms with E-state index >= 15 is 0 Å². The van der Waals surface area contributed by atoms with Crippen molar-refractivity contribution in [2.24, 2.45) is 0 Å². The summed E-state index contributed by atoms with van der Waals surface area (Å²) in [5.41, 5.74) is -0.257. The highest BCUT2D eigenvalue weighted by Gasteiger charge is 2.47. The van der Waals surface area contributed by atoms with Gasteiger partial charge in [0.1, 0.15) is 0 Å². The molecule has 1 aromatic rings. The second kappa shape index (κ2) is 3.84. The van der Waals surface area contributed by atoms with Gasteiger partial charge in [0.2, 0.25) is 0 Å². The second-order valence-corrected chi connectivity index (χ2v) is 5.29. The molecule has 0 bridgehead atoms. The largest absolute Gasteiger partial charge is 0.409 e. The number of alkyl halides is 3. The van der Waals surface area contributed by atoms with Crippen LogP contribution in [0.25, 0.3) is 0 Å². The van der Waals surface area contributed by atoms with E-state index in [2.05, 4.69) is 0 Å². The van der Waals surface area contributed by atoms with Gasteiger partial charge in [0, 0.05) is 6.26 Å². The van der Waals surface area contributed by atoms with Crippen LogP contribution >= 0.6 is 0 Å². The Labute approximate surface area is 85.6 Å². The lowest BCUT2D eigenvalue weighted by Gasteiger charge is -2.18. The van der Waals surface area contributed by atoms with Crippen LogP contribution in [0.15, 0.2) is 30.3 Å². The molecule has 0 aliphatic heterocycles. The van der Waals surface area contributed by atoms with Gasteiger partial charge in [-0.2, -0.15) is 13.2 Å². The lowest BCUT2D eigenvalue weighted by Crippen LogP contribution is -2.27. The topological polar surface area (TPSA) is 34.1 Å². The lowest BCUT2D eigenvalue weighted by atomic mass is 10.1. The van der Waals surface area contributed by atoms with Crippen molar-refractivity contribution in [1.82, 2.24) is 0 Å². The van der Waals surface area contributed by atoms with Gasteiger partial charge in [-0.05, 0) is 5.56 Å². The van der Waals surface area contributed by atoms with Crippen LogP contribution in [0, 0.1) is 0 Å². The molecule has 1 atom stereocenters. The molecule has 0 heterocycles. The highest BCUT2D eigenvalue weighted by atomic mass is 32.2. The van der Waals surface area contributed by atoms with Crippen LogP contribution in [-0.4, -0.2) is 20.8 Å². The Hall–Kier alpha value is -1.04. The Kier molecular flexibility index (Phi) is 3.08. The summed E-state index contributed by atoms with van der Waals surface area (Å²) in [5, 5.41) is -2.44. The van der Waals surface area contributed by atoms with Crippen LogP contribution in [0.1, 0.15) is 10.8 Å². The van der Waals surface area contributed by atoms with Gasteiger partial charge in [-0.25, -0.2) is 8.42 Å². The summed E-state index contributed by atoms with van der Waals surface area (Å²) in [5.74, 6) is 0. The van der Waals surface area contributed by atoms with Gasteiger partial charge in [0.05, 0.1) is 0 Å². The third kappa shape index (κ3) is 2.95. The van der Waals surface area contributed by atoms with E-state index in [1.165, 1.54) is 18.2 Å². The Bertz CT molecular complexity index is 422. The number of hydrogen-bond acceptors (Lipinski definition) is 2. The molecule has 0 aliphatic carbocycles. The zero-order valence-corrected chi connectivity index (χ0v) is 8.64. The number of hydrogen-bond donors (Lipinski definition) is 0. The minimum atomic E-state index is -4.78. The van der Waals surface area contributed by atoms with E-state index in [1.807, 2.05) is 0 Å². The molecule has 0 aliphatic rings. The van der Waals surface area contributed by atoms with E-state index in [1.54, 1.807) is 0 Å². The maximum atomic E-state index is 12.5. The summed E-state index contributed by atoms with van der Waals surface area (Å²) in [6, 6.07) is 6.58. The Balaban J connectivity index is 3.27. The average molecular weight is 238 g/mol. The number of sulfone groups is 1. The van der Waals surface area contributed by atoms with E-state index in [4.69, 9.17) is 0 Å². The quantitative estimate of drug-likeness (QED) is 0.792. The van der Waals surface area contributed by atoms with Crippen LogP contribution in [-0.2, 0) is 9.84 Å². The van der Waals surface area contributed by atoms with Crippen molar-refractivity contribution in [2.45, 2.75) is 11.4 Å². The van der Waals surface area contributed by atoms with E-state index in [0.29, 0.717) is 6.26 Å². The first-order valence-corrected chi connectivity index (χ1v) is 5.99. The molecule has 0 radical (unpaired) electrons. The van der Waals surface area contributed by atoms with Crippen molar-refractivity contribution in [3.63, 3.8) is 0 Å². The predicted octanol–water partition coefficient (Wildman–Crippen LogP) is 2.33. The first-order valence-electron chi connectivity index (χ1n) is 4.03. The summed E-state index contributed by atoms with van der Waals surface area (Å²) in [6.45, 7) is 0. The van der Waals surface area contributed by atoms with Crippen molar-refractivity contribution >= 4 is 9.84 Å². The van der Waals surface area contributed by atoms with E-state index in [9.17, 15) is 21.6 Å². The van der Waals surface area contributed by atoms with Gasteiger partial charge in [-0.15, -0.1) is 0 Å². The number of benzene rings is 1. The number of rotatable bonds is 2. The molecule has 0 fully saturated rings. The average Bonchev–Trinajstić information content (AvgIpc) is 2.00. The molecule has 0 amide bonds. The van der Waals surface area contributed by atoms with Crippen LogP contribution in [0.5, 0.6) is 0 Å². The lowest BCUT2D eigenvalue weighted by molar-refractivity contribution is -0.131. The minimum absolute atomic E-state index is 0.257. The molecule has 0 N–H and O–H groups in total. The molecule has 0 saturated heterocycles. The van der Waals surface area contributed by atoms with Gasteiger partial charge in [0.15, 0.2) is 15.1 Å². The standard InChI is InChI=1S/C9H9F3O2S/c1-15(13,14)8(9(10,11)12)7-5-3-2-4-6-7/h2-6,8H,1H3. The van der Waals surface area contributed by atoms with Gasteiger partial charge in [-0.1, -0.05) is 30.3 Å². The monoisotopic (exact) mass is 238 g/mol. The van der Waals surface area contributed by atoms with Crippen LogP contribution in [0.4, 0.5) is 13.2 Å². The fourth-order valence-electron chi connectivity index (χ4n) is 1.31. The zero-order valence-electron chi connectivity index (χ0n) is 7.82. The maximum absolute atomic E-state index is 12.5. The van der Waals surface area contributed by atoms with Crippen molar-refractivity contribution in [1.29, 1.82) is 0 Å². The maximum Gasteiger partial charge on any atom is 0.409 e. The Morgan fingerprint density at radius 3 is 1.93 bits per heavy atom. The highest BCUT2D eigenvalue weighted by Crippen LogP contribution is 2.38. The first kappa shape index (κ1) is 12.0. The van der Waals surface area contributed by atoms with E-state index in [-0.39, 0.29) is 5.56 Å². The molecular formula is C9H9F3O2S. The molecule has 6 heteroatoms. The molecule has 0 saturated carbocycles. The molecule has 1 rings (SSSR count). The zero-order chi connectivity index (χ0) is 11.7. The van der Waals surface area contributed by atoms with Crippen molar-refractivity contribution in [2.75, 3.05) is 6.26 Å². The Morgan fingerprint density at radius 1 is 1.13 bits per heavy atom. The van der Waals surface area contributed by atoms with Gasteiger partial charge >= 0.3 is 6.18 Å². The van der Waals surface area contributed by atoms with Crippen LogP contribution < -0.4 is 0 Å². The third-order valence-corrected chi connectivity index (χ3v) is 3.22. The minimum Gasteiger partial charge on any atom is -0.228 e. The first-order chi connectivity index (χ1) is 6.73. The third-order valence-electron chi connectivity index (χ3n) is 1.83. The smallest absolute Gasteiger partial charge is 0.228 e. The molecule has 0 spiro atoms. The molecule has 84 valence electrons. The fraction of sp³-hybridized carbons (Fsp3) is 0.333. The van der Waals surface area contributed by atoms with Crippen LogP contribution in [0.2, 0.25) is 0 Å². The van der Waals surface area contributed by atoms with Crippen molar-refractivity contribution < 1.29 is 21.6 Å². The summed E-state index contributed by atoms with van der Waals surface area (Å²) in [6.07, 6.45) is -4.20. The van der Waals surface area contributed by atoms with E-state index < -0.39 is 21.3 Å². The van der Waals surface area contributed by atoms with E-state index in [0.717, 1.165) is 12.1 Å². The summed E-state index contributed by atoms with van der Waals surface area (Å²) < 4.78 is 59.7. The SMILES string of the molecule is CS(=O)(=O)C(c1ccccc1)C(F)(F)F. The van der Waals surface area contributed by atoms with Gasteiger partial charge in [0.25, 0.3) is 0 Å². The van der Waals surface area contributed by atoms with Crippen LogP contribution in [0.3, 0.4) is 0 Å². The molecule has 15 heavy (non-hydrogen) atoms. The molecule has 1 unspecified atom stereocenters. The molecular weight excluding hydrogens is 229 g/mol. The summed E-state index contributed by atoms with van der Waals surface area (Å²) in [7, 11) is -4.20. The second-order valence-electron chi connectivity index (χ2n) is 3.16. The highest BCUT2D eigenvalue weighted by molar-refractivity contribution is 7.91. The van der Waals surface area contributed by atoms with Gasteiger partial charge in [-0.3, -0.25) is 0 Å². The molecule has 1 aromatic carbocycles. The Morgan fingerprint density at radius 2 is 1.60 bits per heavy atom. The van der Waals surface area contributed by atoms with Gasteiger partial charge < -0.3 is 0 Å². The fourth-order valence-corrected chi connectivity index (χ4v) is 2.44. The van der Waals surface area contributed by atoms with Crippen molar-refractivity contribution in [3.05, 3.63) is 35.9 Å². The summed E-state index contributed by atoms with van der Waals surface area (Å²) in [4.78, 5) is 0.